The standard InChI is InChI=1S/C31H46N2O3S/c1-21(2)27-17-25(24-13-15-31(5,6)16-14-24)18-28(22(3)4)29(27)19-30(34)32-37(35,36)26-11-9-23(10-12-26)20-33(7)8/h9-12,17-18,21-22,24H,13-16,19-20H2,1-8H3,(H,32,34). The highest BCUT2D eigenvalue weighted by molar-refractivity contribution is 7.90. The first-order valence-electron chi connectivity index (χ1n) is 13.6. The van der Waals surface area contributed by atoms with E-state index >= 15 is 0 Å². The number of rotatable bonds is 9. The van der Waals surface area contributed by atoms with Gasteiger partial charge in [-0.1, -0.05) is 65.8 Å². The highest BCUT2D eigenvalue weighted by atomic mass is 32.2. The maximum absolute atomic E-state index is 13.1. The van der Waals surface area contributed by atoms with Crippen molar-refractivity contribution in [2.24, 2.45) is 5.41 Å². The lowest BCUT2D eigenvalue weighted by atomic mass is 9.70. The number of benzene rings is 2. The van der Waals surface area contributed by atoms with Gasteiger partial charge in [0.1, 0.15) is 0 Å². The zero-order valence-electron chi connectivity index (χ0n) is 24.0. The van der Waals surface area contributed by atoms with Crippen molar-refractivity contribution in [1.29, 1.82) is 0 Å². The number of hydrogen-bond donors (Lipinski definition) is 1. The fourth-order valence-electron chi connectivity index (χ4n) is 5.49. The normalized spacial score (nSPS) is 16.5. The molecule has 37 heavy (non-hydrogen) atoms. The Bertz CT molecular complexity index is 1160. The van der Waals surface area contributed by atoms with Crippen LogP contribution in [-0.2, 0) is 27.8 Å². The van der Waals surface area contributed by atoms with Crippen LogP contribution in [0.5, 0.6) is 0 Å². The van der Waals surface area contributed by atoms with Gasteiger partial charge in [0.15, 0.2) is 0 Å². The summed E-state index contributed by atoms with van der Waals surface area (Å²) in [4.78, 5) is 15.2. The molecule has 2 aromatic carbocycles. The van der Waals surface area contributed by atoms with E-state index in [-0.39, 0.29) is 23.2 Å². The Morgan fingerprint density at radius 3 is 1.95 bits per heavy atom. The second-order valence-electron chi connectivity index (χ2n) is 12.5. The summed E-state index contributed by atoms with van der Waals surface area (Å²) in [5.41, 5.74) is 6.09. The fraction of sp³-hybridized carbons (Fsp3) is 0.581. The summed E-state index contributed by atoms with van der Waals surface area (Å²) in [6.07, 6.45) is 4.88. The van der Waals surface area contributed by atoms with Crippen molar-refractivity contribution in [2.45, 2.75) is 103 Å². The maximum Gasteiger partial charge on any atom is 0.264 e. The lowest BCUT2D eigenvalue weighted by Gasteiger charge is -2.35. The minimum absolute atomic E-state index is 0.0525. The first-order valence-corrected chi connectivity index (χ1v) is 15.1. The van der Waals surface area contributed by atoms with E-state index in [0.717, 1.165) is 28.8 Å². The molecule has 0 spiro atoms. The van der Waals surface area contributed by atoms with Gasteiger partial charge in [0.2, 0.25) is 5.91 Å². The van der Waals surface area contributed by atoms with Crippen LogP contribution < -0.4 is 4.72 Å². The van der Waals surface area contributed by atoms with E-state index in [1.54, 1.807) is 24.3 Å². The average Bonchev–Trinajstić information content (AvgIpc) is 2.78. The van der Waals surface area contributed by atoms with Crippen LogP contribution in [0.4, 0.5) is 0 Å². The van der Waals surface area contributed by atoms with Crippen molar-refractivity contribution in [2.75, 3.05) is 14.1 Å². The number of amides is 1. The van der Waals surface area contributed by atoms with Crippen LogP contribution in [0.3, 0.4) is 0 Å². The van der Waals surface area contributed by atoms with Crippen LogP contribution in [0.15, 0.2) is 41.3 Å². The molecule has 2 aromatic rings. The van der Waals surface area contributed by atoms with Crippen molar-refractivity contribution in [3.05, 3.63) is 64.2 Å². The fourth-order valence-corrected chi connectivity index (χ4v) is 6.47. The Labute approximate surface area is 225 Å². The van der Waals surface area contributed by atoms with Gasteiger partial charge in [0.25, 0.3) is 10.0 Å². The molecule has 0 aliphatic heterocycles. The molecule has 0 atom stereocenters. The van der Waals surface area contributed by atoms with Crippen LogP contribution in [-0.4, -0.2) is 33.3 Å². The van der Waals surface area contributed by atoms with Crippen molar-refractivity contribution >= 4 is 15.9 Å². The largest absolute Gasteiger partial charge is 0.305 e. The smallest absolute Gasteiger partial charge is 0.264 e. The molecule has 1 aliphatic rings. The number of carbonyl (C=O) groups is 1. The summed E-state index contributed by atoms with van der Waals surface area (Å²) in [5.74, 6) is 0.525. The lowest BCUT2D eigenvalue weighted by molar-refractivity contribution is -0.118. The van der Waals surface area contributed by atoms with Crippen LogP contribution in [0.2, 0.25) is 0 Å². The van der Waals surface area contributed by atoms with Crippen molar-refractivity contribution < 1.29 is 13.2 Å². The first kappa shape index (κ1) is 29.4. The molecule has 6 heteroatoms. The molecule has 0 radical (unpaired) electrons. The summed E-state index contributed by atoms with van der Waals surface area (Å²) in [6, 6.07) is 11.3. The van der Waals surface area contributed by atoms with Crippen molar-refractivity contribution in [3.63, 3.8) is 0 Å². The molecule has 204 valence electrons. The quantitative estimate of drug-likeness (QED) is 0.394. The zero-order valence-corrected chi connectivity index (χ0v) is 24.8. The summed E-state index contributed by atoms with van der Waals surface area (Å²) in [7, 11) is -0.0158. The monoisotopic (exact) mass is 526 g/mol. The SMILES string of the molecule is CC(C)c1cc(C2CCC(C)(C)CC2)cc(C(C)C)c1CC(=O)NS(=O)(=O)c1ccc(CN(C)C)cc1. The van der Waals surface area contributed by atoms with E-state index in [0.29, 0.717) is 11.3 Å². The third-order valence-electron chi connectivity index (χ3n) is 7.71. The molecule has 0 heterocycles. The van der Waals surface area contributed by atoms with Crippen molar-refractivity contribution in [1.82, 2.24) is 9.62 Å². The zero-order chi connectivity index (χ0) is 27.5. The molecule has 1 aliphatic carbocycles. The lowest BCUT2D eigenvalue weighted by Crippen LogP contribution is -2.32. The van der Waals surface area contributed by atoms with Gasteiger partial charge in [0.05, 0.1) is 11.3 Å². The van der Waals surface area contributed by atoms with Gasteiger partial charge in [-0.2, -0.15) is 0 Å². The minimum atomic E-state index is -3.94. The predicted molar refractivity (Wildman–Crippen MR) is 152 cm³/mol. The van der Waals surface area contributed by atoms with E-state index in [1.807, 2.05) is 19.0 Å². The number of hydrogen-bond acceptors (Lipinski definition) is 4. The number of carbonyl (C=O) groups excluding carboxylic acids is 1. The summed E-state index contributed by atoms with van der Waals surface area (Å²) in [6.45, 7) is 14.0. The molecule has 1 fully saturated rings. The molecule has 1 amide bonds. The van der Waals surface area contributed by atoms with Gasteiger partial charge in [-0.3, -0.25) is 4.79 Å². The van der Waals surface area contributed by atoms with E-state index in [1.165, 1.54) is 31.2 Å². The van der Waals surface area contributed by atoms with Gasteiger partial charge in [0, 0.05) is 6.54 Å². The highest BCUT2D eigenvalue weighted by Crippen LogP contribution is 2.44. The molecule has 0 aromatic heterocycles. The maximum atomic E-state index is 13.1. The van der Waals surface area contributed by atoms with Gasteiger partial charge in [-0.05, 0) is 103 Å². The molecule has 0 unspecified atom stereocenters. The molecule has 1 saturated carbocycles. The second-order valence-corrected chi connectivity index (χ2v) is 14.2. The second kappa shape index (κ2) is 11.7. The third-order valence-corrected chi connectivity index (χ3v) is 9.10. The van der Waals surface area contributed by atoms with Crippen LogP contribution in [0, 0.1) is 5.41 Å². The average molecular weight is 527 g/mol. The molecule has 3 rings (SSSR count). The number of sulfonamides is 1. The first-order chi connectivity index (χ1) is 17.2. The van der Waals surface area contributed by atoms with E-state index in [2.05, 4.69) is 58.4 Å². The van der Waals surface area contributed by atoms with E-state index < -0.39 is 15.9 Å². The molecule has 0 bridgehead atoms. The molecular formula is C31H46N2O3S. The number of nitrogens with zero attached hydrogens (tertiary/aromatic N) is 1. The Morgan fingerprint density at radius 2 is 1.49 bits per heavy atom. The van der Waals surface area contributed by atoms with Crippen LogP contribution in [0.1, 0.15) is 113 Å². The Balaban J connectivity index is 1.85. The number of nitrogens with one attached hydrogen (secondary N) is 1. The summed E-state index contributed by atoms with van der Waals surface area (Å²) in [5, 5.41) is 0. The Hall–Kier alpha value is -2.18. The van der Waals surface area contributed by atoms with Gasteiger partial charge < -0.3 is 4.90 Å². The van der Waals surface area contributed by atoms with Crippen molar-refractivity contribution in [3.8, 4) is 0 Å². The van der Waals surface area contributed by atoms with E-state index in [4.69, 9.17) is 0 Å². The molecule has 0 saturated heterocycles. The van der Waals surface area contributed by atoms with Crippen LogP contribution in [0.25, 0.3) is 0 Å². The molecule has 1 N–H and O–H groups in total. The molecular weight excluding hydrogens is 480 g/mol. The predicted octanol–water partition coefficient (Wildman–Crippen LogP) is 6.73. The van der Waals surface area contributed by atoms with E-state index in [9.17, 15) is 13.2 Å². The van der Waals surface area contributed by atoms with Crippen LogP contribution >= 0.6 is 0 Å². The summed E-state index contributed by atoms with van der Waals surface area (Å²) >= 11 is 0. The third kappa shape index (κ3) is 7.67. The topological polar surface area (TPSA) is 66.5 Å². The van der Waals surface area contributed by atoms with Gasteiger partial charge in [-0.25, -0.2) is 13.1 Å². The minimum Gasteiger partial charge on any atom is -0.305 e. The van der Waals surface area contributed by atoms with Gasteiger partial charge >= 0.3 is 0 Å². The Morgan fingerprint density at radius 1 is 0.973 bits per heavy atom. The summed E-state index contributed by atoms with van der Waals surface area (Å²) < 4.78 is 28.3. The van der Waals surface area contributed by atoms with Gasteiger partial charge in [-0.15, -0.1) is 0 Å². The Kier molecular flexibility index (Phi) is 9.28. The highest BCUT2D eigenvalue weighted by Gasteiger charge is 2.29. The molecule has 5 nitrogen and oxygen atoms in total.